The monoisotopic (exact) mass is 403 g/mol. The van der Waals surface area contributed by atoms with E-state index in [0.717, 1.165) is 4.90 Å². The van der Waals surface area contributed by atoms with E-state index in [1.807, 2.05) is 18.4 Å². The van der Waals surface area contributed by atoms with Gasteiger partial charge in [-0.15, -0.1) is 11.8 Å². The summed E-state index contributed by atoms with van der Waals surface area (Å²) in [7, 11) is 0. The summed E-state index contributed by atoms with van der Waals surface area (Å²) in [5.74, 6) is -1.56. The summed E-state index contributed by atoms with van der Waals surface area (Å²) in [4.78, 5) is 36.5. The highest BCUT2D eigenvalue weighted by Crippen LogP contribution is 2.16. The smallest absolute Gasteiger partial charge is 0.306 e. The minimum Gasteiger partial charge on any atom is -0.456 e. The van der Waals surface area contributed by atoms with Gasteiger partial charge in [0.1, 0.15) is 5.82 Å². The molecule has 0 aliphatic heterocycles. The first-order valence-electron chi connectivity index (χ1n) is 8.82. The fraction of sp³-hybridized carbons (Fsp3) is 0.286. The quantitative estimate of drug-likeness (QED) is 0.374. The SMILES string of the molecule is CSc1ccc(C(=O)CCC(=O)OCC(=O)NCCc2ccccc2F)cc1. The lowest BCUT2D eigenvalue weighted by Gasteiger charge is -2.07. The van der Waals surface area contributed by atoms with E-state index in [0.29, 0.717) is 17.5 Å². The molecule has 2 aromatic carbocycles. The molecule has 0 aromatic heterocycles. The summed E-state index contributed by atoms with van der Waals surface area (Å²) in [5.41, 5.74) is 1.04. The molecule has 0 radical (unpaired) electrons. The Morgan fingerprint density at radius 1 is 1.04 bits per heavy atom. The Labute approximate surface area is 167 Å². The van der Waals surface area contributed by atoms with Crippen molar-refractivity contribution in [1.82, 2.24) is 5.32 Å². The Bertz CT molecular complexity index is 823. The zero-order chi connectivity index (χ0) is 20.4. The van der Waals surface area contributed by atoms with Crippen molar-refractivity contribution >= 4 is 29.4 Å². The Kier molecular flexibility index (Phi) is 8.68. The number of carbonyl (C=O) groups excluding carboxylic acids is 3. The average Bonchev–Trinajstić information content (AvgIpc) is 2.72. The van der Waals surface area contributed by atoms with Crippen molar-refractivity contribution < 1.29 is 23.5 Å². The number of esters is 1. The van der Waals surface area contributed by atoms with Crippen molar-refractivity contribution in [1.29, 1.82) is 0 Å². The van der Waals surface area contributed by atoms with E-state index < -0.39 is 18.5 Å². The Morgan fingerprint density at radius 2 is 1.75 bits per heavy atom. The molecule has 0 aliphatic carbocycles. The van der Waals surface area contributed by atoms with Crippen molar-refractivity contribution in [2.45, 2.75) is 24.2 Å². The van der Waals surface area contributed by atoms with Crippen LogP contribution < -0.4 is 5.32 Å². The summed E-state index contributed by atoms with van der Waals surface area (Å²) in [6.07, 6.45) is 2.22. The number of Topliss-reactive ketones (excluding diaryl/α,β-unsaturated/α-hetero) is 1. The third kappa shape index (κ3) is 7.15. The van der Waals surface area contributed by atoms with Gasteiger partial charge in [-0.3, -0.25) is 14.4 Å². The molecule has 2 aromatic rings. The number of rotatable bonds is 10. The Hall–Kier alpha value is -2.67. The van der Waals surface area contributed by atoms with Crippen LogP contribution in [0.2, 0.25) is 0 Å². The number of hydrogen-bond acceptors (Lipinski definition) is 5. The van der Waals surface area contributed by atoms with Gasteiger partial charge in [0.25, 0.3) is 5.91 Å². The summed E-state index contributed by atoms with van der Waals surface area (Å²) < 4.78 is 18.3. The maximum absolute atomic E-state index is 13.5. The molecule has 1 amide bonds. The molecule has 2 rings (SSSR count). The molecule has 7 heteroatoms. The van der Waals surface area contributed by atoms with Gasteiger partial charge in [0, 0.05) is 23.4 Å². The van der Waals surface area contributed by atoms with E-state index >= 15 is 0 Å². The molecule has 5 nitrogen and oxygen atoms in total. The second-order valence-corrected chi connectivity index (χ2v) is 6.88. The molecule has 28 heavy (non-hydrogen) atoms. The van der Waals surface area contributed by atoms with E-state index in [2.05, 4.69) is 5.32 Å². The van der Waals surface area contributed by atoms with E-state index in [1.54, 1.807) is 42.1 Å². The van der Waals surface area contributed by atoms with Crippen LogP contribution in [0.15, 0.2) is 53.4 Å². The fourth-order valence-electron chi connectivity index (χ4n) is 2.44. The number of benzene rings is 2. The highest BCUT2D eigenvalue weighted by Gasteiger charge is 2.12. The van der Waals surface area contributed by atoms with Crippen molar-refractivity contribution in [3.63, 3.8) is 0 Å². The van der Waals surface area contributed by atoms with Gasteiger partial charge in [0.15, 0.2) is 12.4 Å². The second kappa shape index (κ2) is 11.2. The predicted octanol–water partition coefficient (Wildman–Crippen LogP) is 3.41. The normalized spacial score (nSPS) is 10.4. The van der Waals surface area contributed by atoms with Gasteiger partial charge in [-0.2, -0.15) is 0 Å². The average molecular weight is 403 g/mol. The highest BCUT2D eigenvalue weighted by atomic mass is 32.2. The Balaban J connectivity index is 1.63. The molecular weight excluding hydrogens is 381 g/mol. The number of carbonyl (C=O) groups is 3. The van der Waals surface area contributed by atoms with Crippen LogP contribution in [0.5, 0.6) is 0 Å². The predicted molar refractivity (Wildman–Crippen MR) is 106 cm³/mol. The van der Waals surface area contributed by atoms with Crippen molar-refractivity contribution in [2.24, 2.45) is 0 Å². The first-order valence-corrected chi connectivity index (χ1v) is 10.0. The molecule has 0 heterocycles. The van der Waals surface area contributed by atoms with Gasteiger partial charge >= 0.3 is 5.97 Å². The molecule has 0 spiro atoms. The van der Waals surface area contributed by atoms with Gasteiger partial charge in [0.2, 0.25) is 0 Å². The molecule has 148 valence electrons. The van der Waals surface area contributed by atoms with Gasteiger partial charge in [-0.05, 0) is 36.4 Å². The van der Waals surface area contributed by atoms with Gasteiger partial charge in [-0.1, -0.05) is 30.3 Å². The first-order chi connectivity index (χ1) is 13.5. The number of ether oxygens (including phenoxy) is 1. The lowest BCUT2D eigenvalue weighted by molar-refractivity contribution is -0.148. The minimum absolute atomic E-state index is 0.0202. The maximum Gasteiger partial charge on any atom is 0.306 e. The molecule has 0 fully saturated rings. The molecule has 0 saturated heterocycles. The Morgan fingerprint density at radius 3 is 2.43 bits per heavy atom. The van der Waals surface area contributed by atoms with Crippen LogP contribution in [0, 0.1) is 5.82 Å². The van der Waals surface area contributed by atoms with Crippen LogP contribution in [-0.2, 0) is 20.7 Å². The number of nitrogens with one attached hydrogen (secondary N) is 1. The van der Waals surface area contributed by atoms with Gasteiger partial charge < -0.3 is 10.1 Å². The second-order valence-electron chi connectivity index (χ2n) is 6.00. The number of hydrogen-bond donors (Lipinski definition) is 1. The lowest BCUT2D eigenvalue weighted by Crippen LogP contribution is -2.30. The summed E-state index contributed by atoms with van der Waals surface area (Å²) in [6, 6.07) is 13.5. The minimum atomic E-state index is -0.613. The van der Waals surface area contributed by atoms with Crippen LogP contribution in [0.1, 0.15) is 28.8 Å². The topological polar surface area (TPSA) is 72.5 Å². The van der Waals surface area contributed by atoms with Crippen LogP contribution >= 0.6 is 11.8 Å². The lowest BCUT2D eigenvalue weighted by atomic mass is 10.1. The van der Waals surface area contributed by atoms with E-state index in [1.165, 1.54) is 6.07 Å². The first kappa shape index (κ1) is 21.6. The van der Waals surface area contributed by atoms with Crippen LogP contribution in [0.4, 0.5) is 4.39 Å². The van der Waals surface area contributed by atoms with Crippen molar-refractivity contribution in [3.8, 4) is 0 Å². The molecule has 1 N–H and O–H groups in total. The number of thioether (sulfide) groups is 1. The zero-order valence-corrected chi connectivity index (χ0v) is 16.4. The third-order valence-corrected chi connectivity index (χ3v) is 4.75. The van der Waals surface area contributed by atoms with Crippen molar-refractivity contribution in [2.75, 3.05) is 19.4 Å². The number of ketones is 1. The van der Waals surface area contributed by atoms with Crippen LogP contribution in [-0.4, -0.2) is 37.1 Å². The van der Waals surface area contributed by atoms with Gasteiger partial charge in [-0.25, -0.2) is 4.39 Å². The third-order valence-electron chi connectivity index (χ3n) is 4.01. The van der Waals surface area contributed by atoms with E-state index in [-0.39, 0.29) is 31.0 Å². The number of halogens is 1. The van der Waals surface area contributed by atoms with Crippen LogP contribution in [0.3, 0.4) is 0 Å². The maximum atomic E-state index is 13.5. The summed E-state index contributed by atoms with van der Waals surface area (Å²) in [5, 5.41) is 2.56. The van der Waals surface area contributed by atoms with Gasteiger partial charge in [0.05, 0.1) is 6.42 Å². The molecule has 0 bridgehead atoms. The highest BCUT2D eigenvalue weighted by molar-refractivity contribution is 7.98. The van der Waals surface area contributed by atoms with E-state index in [4.69, 9.17) is 4.74 Å². The fourth-order valence-corrected chi connectivity index (χ4v) is 2.85. The van der Waals surface area contributed by atoms with Crippen LogP contribution in [0.25, 0.3) is 0 Å². The largest absolute Gasteiger partial charge is 0.456 e. The molecule has 0 aliphatic rings. The summed E-state index contributed by atoms with van der Waals surface area (Å²) in [6.45, 7) is -0.186. The zero-order valence-electron chi connectivity index (χ0n) is 15.6. The van der Waals surface area contributed by atoms with E-state index in [9.17, 15) is 18.8 Å². The molecular formula is C21H22FNO4S. The number of amides is 1. The molecule has 0 saturated carbocycles. The molecule has 0 unspecified atom stereocenters. The standard InChI is InChI=1S/C21H22FNO4S/c1-28-17-8-6-16(7-9-17)19(24)10-11-21(26)27-14-20(25)23-13-12-15-4-2-3-5-18(15)22/h2-9H,10-14H2,1H3,(H,23,25). The van der Waals surface area contributed by atoms with Crippen molar-refractivity contribution in [3.05, 3.63) is 65.5 Å². The molecule has 0 atom stereocenters. The summed E-state index contributed by atoms with van der Waals surface area (Å²) >= 11 is 1.58.